The minimum Gasteiger partial charge on any atom is -0.379 e. The topological polar surface area (TPSA) is 61.8 Å². The van der Waals surface area contributed by atoms with Gasteiger partial charge in [-0.15, -0.1) is 0 Å². The number of carbonyl (C=O) groups excluding carboxylic acids is 1. The molecule has 0 atom stereocenters. The second-order valence-electron chi connectivity index (χ2n) is 7.14. The van der Waals surface area contributed by atoms with Gasteiger partial charge in [0.2, 0.25) is 0 Å². The van der Waals surface area contributed by atoms with Crippen LogP contribution in [-0.4, -0.2) is 79.4 Å². The molecule has 154 valence electrons. The highest BCUT2D eigenvalue weighted by Crippen LogP contribution is 2.20. The molecule has 2 heterocycles. The number of nitrogens with one attached hydrogen (secondary N) is 2. The Bertz CT molecular complexity index is 750. The first-order valence-electron chi connectivity index (χ1n) is 10.4. The van der Waals surface area contributed by atoms with Crippen LogP contribution in [0.5, 0.6) is 0 Å². The van der Waals surface area contributed by atoms with E-state index in [1.807, 2.05) is 12.1 Å². The van der Waals surface area contributed by atoms with Crippen molar-refractivity contribution in [1.29, 1.82) is 0 Å². The number of rotatable bonds is 9. The fraction of sp³-hybridized carbons (Fsp3) is 0.571. The number of aromatic nitrogens is 1. The van der Waals surface area contributed by atoms with Crippen LogP contribution >= 0.6 is 0 Å². The van der Waals surface area contributed by atoms with Gasteiger partial charge in [0.05, 0.1) is 13.2 Å². The Labute approximate surface area is 167 Å². The lowest BCUT2D eigenvalue weighted by Gasteiger charge is -2.26. The van der Waals surface area contributed by atoms with Gasteiger partial charge in [-0.25, -0.2) is 4.79 Å². The number of likely N-dealkylation sites (N-methyl/N-ethyl adjacent to an activating group) is 1. The van der Waals surface area contributed by atoms with E-state index in [4.69, 9.17) is 4.74 Å². The van der Waals surface area contributed by atoms with Crippen molar-refractivity contribution in [2.24, 2.45) is 0 Å². The molecule has 0 spiro atoms. The highest BCUT2D eigenvalue weighted by molar-refractivity contribution is 5.92. The van der Waals surface area contributed by atoms with Crippen molar-refractivity contribution in [3.63, 3.8) is 0 Å². The van der Waals surface area contributed by atoms with E-state index in [2.05, 4.69) is 57.2 Å². The fourth-order valence-corrected chi connectivity index (χ4v) is 3.59. The molecule has 1 fully saturated rings. The van der Waals surface area contributed by atoms with Gasteiger partial charge in [-0.1, -0.05) is 13.8 Å². The molecule has 1 aliphatic heterocycles. The van der Waals surface area contributed by atoms with E-state index in [0.717, 1.165) is 70.1 Å². The Balaban J connectivity index is 1.50. The minimum absolute atomic E-state index is 0.154. The Morgan fingerprint density at radius 3 is 2.68 bits per heavy atom. The largest absolute Gasteiger partial charge is 0.379 e. The highest BCUT2D eigenvalue weighted by Gasteiger charge is 2.11. The zero-order valence-corrected chi connectivity index (χ0v) is 17.1. The molecule has 3 rings (SSSR count). The summed E-state index contributed by atoms with van der Waals surface area (Å²) in [7, 11) is 0. The third-order valence-electron chi connectivity index (χ3n) is 5.40. The summed E-state index contributed by atoms with van der Waals surface area (Å²) < 4.78 is 7.69. The van der Waals surface area contributed by atoms with Crippen LogP contribution in [0.2, 0.25) is 0 Å². The molecular formula is C21H33N5O2. The second kappa shape index (κ2) is 10.5. The van der Waals surface area contributed by atoms with Crippen LogP contribution in [0.3, 0.4) is 0 Å². The molecule has 2 N–H and O–H groups in total. The lowest BCUT2D eigenvalue weighted by molar-refractivity contribution is 0.0365. The number of amides is 2. The lowest BCUT2D eigenvalue weighted by atomic mass is 10.2. The van der Waals surface area contributed by atoms with Crippen LogP contribution in [-0.2, 0) is 11.3 Å². The van der Waals surface area contributed by atoms with Gasteiger partial charge in [-0.2, -0.15) is 0 Å². The average Bonchev–Trinajstić information content (AvgIpc) is 3.12. The summed E-state index contributed by atoms with van der Waals surface area (Å²) in [6.07, 6.45) is 2.12. The van der Waals surface area contributed by atoms with Crippen molar-refractivity contribution >= 4 is 22.6 Å². The number of morpholine rings is 1. The summed E-state index contributed by atoms with van der Waals surface area (Å²) in [6.45, 7) is 13.4. The Kier molecular flexibility index (Phi) is 7.71. The molecule has 1 aromatic carbocycles. The van der Waals surface area contributed by atoms with Gasteiger partial charge in [0.25, 0.3) is 0 Å². The maximum atomic E-state index is 12.1. The number of carbonyl (C=O) groups is 1. The summed E-state index contributed by atoms with van der Waals surface area (Å²) in [4.78, 5) is 16.8. The number of urea groups is 1. The third-order valence-corrected chi connectivity index (χ3v) is 5.40. The first-order valence-corrected chi connectivity index (χ1v) is 10.4. The van der Waals surface area contributed by atoms with Crippen molar-refractivity contribution in [3.8, 4) is 0 Å². The number of hydrogen-bond donors (Lipinski definition) is 2. The predicted molar refractivity (Wildman–Crippen MR) is 114 cm³/mol. The van der Waals surface area contributed by atoms with Gasteiger partial charge < -0.3 is 24.8 Å². The summed E-state index contributed by atoms with van der Waals surface area (Å²) in [5.41, 5.74) is 2.01. The maximum absolute atomic E-state index is 12.1. The number of hydrogen-bond acceptors (Lipinski definition) is 4. The van der Waals surface area contributed by atoms with E-state index in [0.29, 0.717) is 6.54 Å². The molecule has 0 radical (unpaired) electrons. The minimum atomic E-state index is -0.154. The zero-order valence-electron chi connectivity index (χ0n) is 17.1. The Hall–Kier alpha value is -2.09. The van der Waals surface area contributed by atoms with Gasteiger partial charge in [0.15, 0.2) is 0 Å². The summed E-state index contributed by atoms with van der Waals surface area (Å²) in [5, 5.41) is 7.01. The van der Waals surface area contributed by atoms with Gasteiger partial charge >= 0.3 is 6.03 Å². The second-order valence-corrected chi connectivity index (χ2v) is 7.14. The molecular weight excluding hydrogens is 354 g/mol. The third kappa shape index (κ3) is 5.70. The van der Waals surface area contributed by atoms with E-state index in [9.17, 15) is 4.79 Å². The molecule has 1 aromatic heterocycles. The average molecular weight is 388 g/mol. The Morgan fingerprint density at radius 2 is 1.93 bits per heavy atom. The molecule has 1 saturated heterocycles. The first kappa shape index (κ1) is 20.6. The maximum Gasteiger partial charge on any atom is 0.319 e. The van der Waals surface area contributed by atoms with Gasteiger partial charge in [0.1, 0.15) is 0 Å². The monoisotopic (exact) mass is 387 g/mol. The van der Waals surface area contributed by atoms with Gasteiger partial charge in [-0.3, -0.25) is 4.90 Å². The zero-order chi connectivity index (χ0) is 19.8. The SMILES string of the molecule is CCN(CC)CCNC(=O)Nc1ccc2c(ccn2CCN2CCOCC2)c1. The summed E-state index contributed by atoms with van der Waals surface area (Å²) in [5.74, 6) is 0. The van der Waals surface area contributed by atoms with Crippen LogP contribution < -0.4 is 10.6 Å². The predicted octanol–water partition coefficient (Wildman–Crippen LogP) is 2.44. The van der Waals surface area contributed by atoms with Crippen LogP contribution in [0.4, 0.5) is 10.5 Å². The quantitative estimate of drug-likeness (QED) is 0.694. The first-order chi connectivity index (χ1) is 13.7. The van der Waals surface area contributed by atoms with Crippen LogP contribution in [0, 0.1) is 0 Å². The van der Waals surface area contributed by atoms with Crippen molar-refractivity contribution < 1.29 is 9.53 Å². The van der Waals surface area contributed by atoms with Crippen molar-refractivity contribution in [2.75, 3.05) is 64.3 Å². The molecule has 0 bridgehead atoms. The smallest absolute Gasteiger partial charge is 0.319 e. The number of nitrogens with zero attached hydrogens (tertiary/aromatic N) is 3. The number of benzene rings is 1. The van der Waals surface area contributed by atoms with E-state index >= 15 is 0 Å². The van der Waals surface area contributed by atoms with Crippen molar-refractivity contribution in [1.82, 2.24) is 19.7 Å². The summed E-state index contributed by atoms with van der Waals surface area (Å²) in [6, 6.07) is 8.04. The number of ether oxygens (including phenoxy) is 1. The van der Waals surface area contributed by atoms with Crippen molar-refractivity contribution in [2.45, 2.75) is 20.4 Å². The standard InChI is InChI=1S/C21H33N5O2/c1-3-24(4-2)10-8-22-21(27)23-19-5-6-20-18(17-19)7-9-26(20)12-11-25-13-15-28-16-14-25/h5-7,9,17H,3-4,8,10-16H2,1-2H3,(H2,22,23,27). The Morgan fingerprint density at radius 1 is 1.14 bits per heavy atom. The highest BCUT2D eigenvalue weighted by atomic mass is 16.5. The van der Waals surface area contributed by atoms with Gasteiger partial charge in [-0.05, 0) is 37.4 Å². The molecule has 2 aromatic rings. The summed E-state index contributed by atoms with van der Waals surface area (Å²) >= 11 is 0. The molecule has 7 nitrogen and oxygen atoms in total. The van der Waals surface area contributed by atoms with E-state index in [1.54, 1.807) is 0 Å². The van der Waals surface area contributed by atoms with Crippen LogP contribution in [0.25, 0.3) is 10.9 Å². The molecule has 7 heteroatoms. The molecule has 28 heavy (non-hydrogen) atoms. The van der Waals surface area contributed by atoms with Crippen LogP contribution in [0.15, 0.2) is 30.5 Å². The van der Waals surface area contributed by atoms with Crippen molar-refractivity contribution in [3.05, 3.63) is 30.5 Å². The van der Waals surface area contributed by atoms with E-state index < -0.39 is 0 Å². The molecule has 0 unspecified atom stereocenters. The molecule has 2 amide bonds. The number of fused-ring (bicyclic) bond motifs is 1. The van der Waals surface area contributed by atoms with E-state index in [-0.39, 0.29) is 6.03 Å². The fourth-order valence-electron chi connectivity index (χ4n) is 3.59. The lowest BCUT2D eigenvalue weighted by Crippen LogP contribution is -2.38. The normalized spacial score (nSPS) is 15.2. The van der Waals surface area contributed by atoms with Crippen LogP contribution in [0.1, 0.15) is 13.8 Å². The molecule has 0 aliphatic carbocycles. The van der Waals surface area contributed by atoms with E-state index in [1.165, 1.54) is 5.52 Å². The molecule has 1 aliphatic rings. The molecule has 0 saturated carbocycles. The number of anilines is 1. The van der Waals surface area contributed by atoms with Gasteiger partial charge in [0, 0.05) is 62.1 Å².